The molecule has 4 unspecified atom stereocenters. The molecular formula is C48H76O8. The van der Waals surface area contributed by atoms with E-state index in [1.165, 1.54) is 0 Å². The zero-order valence-corrected chi connectivity index (χ0v) is 37.3. The molecular weight excluding hydrogens is 705 g/mol. The Morgan fingerprint density at radius 2 is 1.09 bits per heavy atom. The number of carbonyl (C=O) groups is 2. The molecule has 0 aromatic heterocycles. The Balaban J connectivity index is 0.000000214. The monoisotopic (exact) mass is 781 g/mol. The van der Waals surface area contributed by atoms with Crippen LogP contribution in [-0.2, 0) is 38.0 Å². The maximum Gasteiger partial charge on any atom is 0.154 e. The van der Waals surface area contributed by atoms with Gasteiger partial charge in [0.2, 0.25) is 0 Å². The Bertz CT molecular complexity index is 1530. The quantitative estimate of drug-likeness (QED) is 0.169. The van der Waals surface area contributed by atoms with Crippen LogP contribution in [0, 0.1) is 92.2 Å². The van der Waals surface area contributed by atoms with Gasteiger partial charge in [-0.25, -0.2) is 0 Å². The van der Waals surface area contributed by atoms with E-state index < -0.39 is 10.8 Å². The third kappa shape index (κ3) is 6.97. The topological polar surface area (TPSA) is 89.5 Å². The van der Waals surface area contributed by atoms with Crippen molar-refractivity contribution in [3.63, 3.8) is 0 Å². The van der Waals surface area contributed by atoms with Gasteiger partial charge in [-0.2, -0.15) is 0 Å². The van der Waals surface area contributed by atoms with Crippen LogP contribution >= 0.6 is 0 Å². The first-order valence-electron chi connectivity index (χ1n) is 21.6. The third-order valence-electron chi connectivity index (χ3n) is 17.9. The number of ketones is 2. The van der Waals surface area contributed by atoms with Gasteiger partial charge >= 0.3 is 0 Å². The molecule has 6 aliphatic rings. The van der Waals surface area contributed by atoms with Crippen LogP contribution < -0.4 is 0 Å². The summed E-state index contributed by atoms with van der Waals surface area (Å²) in [5.41, 5.74) is -1.46. The maximum atomic E-state index is 13.8. The zero-order valence-electron chi connectivity index (χ0n) is 37.3. The van der Waals surface area contributed by atoms with Crippen LogP contribution in [0.3, 0.4) is 0 Å². The van der Waals surface area contributed by atoms with Gasteiger partial charge in [0.15, 0.2) is 5.78 Å². The van der Waals surface area contributed by atoms with Crippen molar-refractivity contribution in [3.8, 4) is 24.2 Å². The predicted molar refractivity (Wildman–Crippen MR) is 219 cm³/mol. The summed E-state index contributed by atoms with van der Waals surface area (Å²) in [4.78, 5) is 27.6. The van der Waals surface area contributed by atoms with E-state index in [4.69, 9.17) is 34.8 Å². The predicted octanol–water partition coefficient (Wildman–Crippen LogP) is 8.92. The molecule has 0 amide bonds. The van der Waals surface area contributed by atoms with Gasteiger partial charge in [0.25, 0.3) is 0 Å². The number of methoxy groups -OCH3 is 4. The van der Waals surface area contributed by atoms with Crippen LogP contribution in [0.15, 0.2) is 0 Å². The van der Waals surface area contributed by atoms with E-state index in [1.54, 1.807) is 14.2 Å². The first-order valence-corrected chi connectivity index (χ1v) is 21.6. The van der Waals surface area contributed by atoms with Gasteiger partial charge in [-0.3, -0.25) is 9.59 Å². The highest BCUT2D eigenvalue weighted by Crippen LogP contribution is 2.70. The number of rotatable bonds is 9. The average Bonchev–Trinajstić information content (AvgIpc) is 3.78. The summed E-state index contributed by atoms with van der Waals surface area (Å²) in [6.45, 7) is 20.2. The standard InChI is InChI=1S/2C24H38O4/c2*1-8-11-22(4)14-19(28-15-26-6)23(5)16(2)9-12-24(17(3)21(22)25)13-10-18(27-7)20(23)24/h16-20H,9-10,12-15H2,1-7H3;1,16-20H,9-15H2,2-7H3/t2*16-,17+,18-,19-,20?,22-,23+,24?/m11/s1. The van der Waals surface area contributed by atoms with E-state index in [0.29, 0.717) is 48.7 Å². The second-order valence-corrected chi connectivity index (χ2v) is 20.0. The van der Waals surface area contributed by atoms with Crippen LogP contribution in [0.2, 0.25) is 0 Å². The molecule has 0 spiro atoms. The average molecular weight is 781 g/mol. The van der Waals surface area contributed by atoms with E-state index in [1.807, 2.05) is 28.1 Å². The van der Waals surface area contributed by atoms with E-state index in [0.717, 1.165) is 51.4 Å². The lowest BCUT2D eigenvalue weighted by molar-refractivity contribution is -0.219. The molecule has 8 nitrogen and oxygen atoms in total. The molecule has 0 aliphatic heterocycles. The van der Waals surface area contributed by atoms with Gasteiger partial charge in [-0.05, 0) is 113 Å². The molecule has 0 saturated heterocycles. The first kappa shape index (κ1) is 45.3. The molecule has 16 atom stereocenters. The molecule has 6 saturated carbocycles. The lowest BCUT2D eigenvalue weighted by Gasteiger charge is -2.62. The molecule has 0 aromatic carbocycles. The first-order chi connectivity index (χ1) is 26.4. The molecule has 4 bridgehead atoms. The fourth-order valence-electron chi connectivity index (χ4n) is 14.5. The smallest absolute Gasteiger partial charge is 0.154 e. The van der Waals surface area contributed by atoms with E-state index in [9.17, 15) is 9.59 Å². The van der Waals surface area contributed by atoms with Crippen molar-refractivity contribution in [3.05, 3.63) is 0 Å². The summed E-state index contributed by atoms with van der Waals surface area (Å²) in [6, 6.07) is 0. The molecule has 6 fully saturated rings. The minimum atomic E-state index is -0.686. The summed E-state index contributed by atoms with van der Waals surface area (Å²) in [5, 5.41) is 0. The number of Topliss-reactive ketones (excluding diaryl/α,β-unsaturated/α-hetero) is 2. The van der Waals surface area contributed by atoms with E-state index in [-0.39, 0.29) is 77.3 Å². The summed E-state index contributed by atoms with van der Waals surface area (Å²) in [7, 11) is 6.97. The van der Waals surface area contributed by atoms with Crippen LogP contribution in [0.1, 0.15) is 133 Å². The van der Waals surface area contributed by atoms with Crippen molar-refractivity contribution in [2.75, 3.05) is 42.0 Å². The normalized spacial score (nSPS) is 48.4. The molecule has 56 heavy (non-hydrogen) atoms. The van der Waals surface area contributed by atoms with Gasteiger partial charge < -0.3 is 28.4 Å². The number of ether oxygens (including phenoxy) is 6. The molecule has 0 radical (unpaired) electrons. The summed E-state index contributed by atoms with van der Waals surface area (Å²) in [5.74, 6) is 11.3. The highest BCUT2D eigenvalue weighted by molar-refractivity contribution is 5.90. The highest BCUT2D eigenvalue weighted by atomic mass is 16.7. The van der Waals surface area contributed by atoms with E-state index in [2.05, 4.69) is 66.2 Å². The van der Waals surface area contributed by atoms with Crippen molar-refractivity contribution in [2.24, 2.45) is 68.0 Å². The Kier molecular flexibility index (Phi) is 13.8. The van der Waals surface area contributed by atoms with Crippen LogP contribution in [0.25, 0.3) is 0 Å². The molecule has 8 heteroatoms. The van der Waals surface area contributed by atoms with Gasteiger partial charge in [-0.15, -0.1) is 18.3 Å². The largest absolute Gasteiger partial charge is 0.381 e. The SMILES string of the molecule is C#CC[C@]1(C)C[C@@H](OCOC)[C@@]2(C)C3[C@H](OC)CCC3(CC[C@H]2C)[C@@H](C)C1=O.CC#C[C@]1(C)C[C@@H](OCOC)[C@@]2(C)C3[C@H](OC)CCC3(CC[C@H]2C)[C@@H](C)C1=O. The molecule has 0 N–H and O–H groups in total. The minimum absolute atomic E-state index is 0.00815. The Labute approximate surface area is 340 Å². The van der Waals surface area contributed by atoms with Gasteiger partial charge in [-0.1, -0.05) is 54.4 Å². The molecule has 316 valence electrons. The van der Waals surface area contributed by atoms with Gasteiger partial charge in [0.1, 0.15) is 19.4 Å². The maximum absolute atomic E-state index is 13.8. The number of terminal acetylenes is 1. The zero-order chi connectivity index (χ0) is 41.5. The molecule has 6 rings (SSSR count). The van der Waals surface area contributed by atoms with Crippen molar-refractivity contribution < 1.29 is 38.0 Å². The minimum Gasteiger partial charge on any atom is -0.381 e. The Hall–Kier alpha value is -1.78. The van der Waals surface area contributed by atoms with Crippen molar-refractivity contribution in [1.82, 2.24) is 0 Å². The second kappa shape index (κ2) is 17.1. The number of hydrogen-bond donors (Lipinski definition) is 0. The Morgan fingerprint density at radius 1 is 0.661 bits per heavy atom. The summed E-state index contributed by atoms with van der Waals surface area (Å²) < 4.78 is 35.4. The fourth-order valence-corrected chi connectivity index (χ4v) is 14.5. The second-order valence-electron chi connectivity index (χ2n) is 20.0. The van der Waals surface area contributed by atoms with Crippen LogP contribution in [0.4, 0.5) is 0 Å². The molecule has 6 aliphatic carbocycles. The van der Waals surface area contributed by atoms with Gasteiger partial charge in [0.05, 0.1) is 29.8 Å². The molecule has 0 aromatic rings. The fraction of sp³-hybridized carbons (Fsp3) is 0.875. The number of carbonyl (C=O) groups excluding carboxylic acids is 2. The van der Waals surface area contributed by atoms with Crippen molar-refractivity contribution >= 4 is 11.6 Å². The summed E-state index contributed by atoms with van der Waals surface area (Å²) >= 11 is 0. The Morgan fingerprint density at radius 3 is 1.50 bits per heavy atom. The van der Waals surface area contributed by atoms with Crippen molar-refractivity contribution in [1.29, 1.82) is 0 Å². The van der Waals surface area contributed by atoms with Crippen LogP contribution in [0.5, 0.6) is 0 Å². The third-order valence-corrected chi connectivity index (χ3v) is 17.9. The number of hydrogen-bond acceptors (Lipinski definition) is 8. The lowest BCUT2D eigenvalue weighted by Crippen LogP contribution is -2.62. The summed E-state index contributed by atoms with van der Waals surface area (Å²) in [6.07, 6.45) is 16.2. The van der Waals surface area contributed by atoms with Crippen LogP contribution in [-0.4, -0.2) is 78.0 Å². The molecule has 0 heterocycles. The van der Waals surface area contributed by atoms with E-state index >= 15 is 0 Å². The highest BCUT2D eigenvalue weighted by Gasteiger charge is 2.70. The lowest BCUT2D eigenvalue weighted by atomic mass is 9.44. The van der Waals surface area contributed by atoms with Crippen molar-refractivity contribution in [2.45, 2.75) is 157 Å². The van der Waals surface area contributed by atoms with Gasteiger partial charge in [0, 0.05) is 62.9 Å².